The minimum atomic E-state index is -0.120. The number of carbonyl (C=O) groups excluding carboxylic acids is 1. The maximum atomic E-state index is 12.4. The average Bonchev–Trinajstić information content (AvgIpc) is 3.22. The number of nitrogens with zero attached hydrogens (tertiary/aromatic N) is 2. The number of pyridine rings is 1. The van der Waals surface area contributed by atoms with Crippen LogP contribution >= 0.6 is 23.1 Å². The smallest absolute Gasteiger partial charge is 0.254 e. The lowest BCUT2D eigenvalue weighted by Crippen LogP contribution is -2.23. The molecule has 0 aliphatic carbocycles. The van der Waals surface area contributed by atoms with Gasteiger partial charge in [0.15, 0.2) is 0 Å². The molecule has 3 aromatic rings. The van der Waals surface area contributed by atoms with Crippen molar-refractivity contribution in [3.63, 3.8) is 0 Å². The Morgan fingerprint density at radius 2 is 2.30 bits per heavy atom. The molecule has 7 heteroatoms. The highest BCUT2D eigenvalue weighted by molar-refractivity contribution is 7.98. The molecule has 0 aliphatic heterocycles. The molecule has 3 heterocycles. The molecule has 118 valence electrons. The van der Waals surface area contributed by atoms with Gasteiger partial charge in [-0.2, -0.15) is 0 Å². The SMILES string of the molecule is Cc1cc(CSc2ncccc2C(=O)NCc2cccs2)no1. The number of nitrogens with one attached hydrogen (secondary N) is 1. The van der Waals surface area contributed by atoms with E-state index < -0.39 is 0 Å². The van der Waals surface area contributed by atoms with Gasteiger partial charge in [0.05, 0.1) is 17.8 Å². The third-order valence-corrected chi connectivity index (χ3v) is 4.97. The molecule has 0 fully saturated rings. The van der Waals surface area contributed by atoms with Crippen molar-refractivity contribution in [3.05, 3.63) is 63.8 Å². The molecule has 1 N–H and O–H groups in total. The second-order valence-corrected chi connectivity index (χ2v) is 6.83. The molecule has 0 spiro atoms. The molecule has 0 unspecified atom stereocenters. The third-order valence-electron chi connectivity index (χ3n) is 3.05. The summed E-state index contributed by atoms with van der Waals surface area (Å²) in [6.45, 7) is 2.38. The van der Waals surface area contributed by atoms with Crippen LogP contribution in [0.25, 0.3) is 0 Å². The van der Waals surface area contributed by atoms with Crippen LogP contribution in [0, 0.1) is 6.92 Å². The number of amides is 1. The Balaban J connectivity index is 1.65. The van der Waals surface area contributed by atoms with Gasteiger partial charge in [-0.25, -0.2) is 4.98 Å². The van der Waals surface area contributed by atoms with Crippen molar-refractivity contribution >= 4 is 29.0 Å². The molecule has 3 rings (SSSR count). The molecule has 0 atom stereocenters. The predicted molar refractivity (Wildman–Crippen MR) is 90.5 cm³/mol. The summed E-state index contributed by atoms with van der Waals surface area (Å²) in [6, 6.07) is 9.40. The van der Waals surface area contributed by atoms with Crippen LogP contribution in [0.15, 0.2) is 51.5 Å². The first-order chi connectivity index (χ1) is 11.2. The van der Waals surface area contributed by atoms with Crippen LogP contribution in [0.2, 0.25) is 0 Å². The van der Waals surface area contributed by atoms with Crippen molar-refractivity contribution in [1.29, 1.82) is 0 Å². The number of rotatable bonds is 6. The van der Waals surface area contributed by atoms with Crippen molar-refractivity contribution in [2.75, 3.05) is 0 Å². The highest BCUT2D eigenvalue weighted by Crippen LogP contribution is 2.24. The molecular weight excluding hydrogens is 330 g/mol. The van der Waals surface area contributed by atoms with Crippen LogP contribution in [0.3, 0.4) is 0 Å². The minimum absolute atomic E-state index is 0.120. The van der Waals surface area contributed by atoms with E-state index in [0.717, 1.165) is 16.3 Å². The Bertz CT molecular complexity index is 784. The van der Waals surface area contributed by atoms with E-state index >= 15 is 0 Å². The zero-order valence-electron chi connectivity index (χ0n) is 12.5. The zero-order chi connectivity index (χ0) is 16.1. The number of hydrogen-bond donors (Lipinski definition) is 1. The standard InChI is InChI=1S/C16H15N3O2S2/c1-11-8-12(19-21-11)10-23-16-14(5-2-6-17-16)15(20)18-9-13-4-3-7-22-13/h2-8H,9-10H2,1H3,(H,18,20). The molecule has 5 nitrogen and oxygen atoms in total. The number of hydrogen-bond acceptors (Lipinski definition) is 6. The van der Waals surface area contributed by atoms with Gasteiger partial charge in [-0.05, 0) is 30.5 Å². The van der Waals surface area contributed by atoms with Gasteiger partial charge >= 0.3 is 0 Å². The summed E-state index contributed by atoms with van der Waals surface area (Å²) in [5.74, 6) is 1.26. The van der Waals surface area contributed by atoms with Gasteiger partial charge in [0.25, 0.3) is 5.91 Å². The molecule has 3 aromatic heterocycles. The van der Waals surface area contributed by atoms with Gasteiger partial charge < -0.3 is 9.84 Å². The highest BCUT2D eigenvalue weighted by Gasteiger charge is 2.13. The first kappa shape index (κ1) is 15.8. The molecular formula is C16H15N3O2S2. The lowest BCUT2D eigenvalue weighted by Gasteiger charge is -2.07. The predicted octanol–water partition coefficient (Wildman–Crippen LogP) is 3.66. The quantitative estimate of drug-likeness (QED) is 0.691. The lowest BCUT2D eigenvalue weighted by atomic mass is 10.2. The van der Waals surface area contributed by atoms with Crippen LogP contribution in [0.4, 0.5) is 0 Å². The largest absolute Gasteiger partial charge is 0.361 e. The van der Waals surface area contributed by atoms with E-state index in [1.165, 1.54) is 11.8 Å². The molecule has 23 heavy (non-hydrogen) atoms. The van der Waals surface area contributed by atoms with Gasteiger partial charge in [-0.1, -0.05) is 23.0 Å². The summed E-state index contributed by atoms with van der Waals surface area (Å²) in [5.41, 5.74) is 1.41. The number of aryl methyl sites for hydroxylation is 1. The molecule has 0 saturated carbocycles. The fraction of sp³-hybridized carbons (Fsp3) is 0.188. The Hall–Kier alpha value is -2.12. The van der Waals surface area contributed by atoms with E-state index in [9.17, 15) is 4.79 Å². The number of thioether (sulfide) groups is 1. The molecule has 0 aromatic carbocycles. The number of carbonyl (C=O) groups is 1. The van der Waals surface area contributed by atoms with Crippen LogP contribution in [-0.2, 0) is 12.3 Å². The molecule has 0 saturated heterocycles. The monoisotopic (exact) mass is 345 g/mol. The lowest BCUT2D eigenvalue weighted by molar-refractivity contribution is 0.0947. The van der Waals surface area contributed by atoms with Crippen molar-refractivity contribution in [3.8, 4) is 0 Å². The molecule has 0 bridgehead atoms. The van der Waals surface area contributed by atoms with E-state index in [4.69, 9.17) is 4.52 Å². The molecule has 0 radical (unpaired) electrons. The summed E-state index contributed by atoms with van der Waals surface area (Å²) in [4.78, 5) is 17.8. The first-order valence-electron chi connectivity index (χ1n) is 7.03. The second-order valence-electron chi connectivity index (χ2n) is 4.84. The maximum absolute atomic E-state index is 12.4. The summed E-state index contributed by atoms with van der Waals surface area (Å²) in [7, 11) is 0. The van der Waals surface area contributed by atoms with Crippen LogP contribution in [0.1, 0.15) is 26.7 Å². The Morgan fingerprint density at radius 3 is 3.04 bits per heavy atom. The van der Waals surface area contributed by atoms with Crippen molar-refractivity contribution in [2.24, 2.45) is 0 Å². The fourth-order valence-electron chi connectivity index (χ4n) is 1.98. The molecule has 0 aliphatic rings. The first-order valence-corrected chi connectivity index (χ1v) is 8.89. The zero-order valence-corrected chi connectivity index (χ0v) is 14.1. The second kappa shape index (κ2) is 7.43. The van der Waals surface area contributed by atoms with Gasteiger partial charge in [0, 0.05) is 22.9 Å². The molecule has 1 amide bonds. The minimum Gasteiger partial charge on any atom is -0.361 e. The topological polar surface area (TPSA) is 68.0 Å². The van der Waals surface area contributed by atoms with E-state index in [-0.39, 0.29) is 5.91 Å². The van der Waals surface area contributed by atoms with E-state index in [0.29, 0.717) is 22.9 Å². The number of aromatic nitrogens is 2. The Labute approximate surface area is 142 Å². The Kier molecular flexibility index (Phi) is 5.09. The van der Waals surface area contributed by atoms with Gasteiger partial charge in [-0.15, -0.1) is 11.3 Å². The maximum Gasteiger partial charge on any atom is 0.254 e. The Morgan fingerprint density at radius 1 is 1.39 bits per heavy atom. The third kappa shape index (κ3) is 4.20. The highest BCUT2D eigenvalue weighted by atomic mass is 32.2. The summed E-state index contributed by atoms with van der Waals surface area (Å²) < 4.78 is 5.05. The van der Waals surface area contributed by atoms with Gasteiger partial charge in [0.2, 0.25) is 0 Å². The van der Waals surface area contributed by atoms with Crippen LogP contribution < -0.4 is 5.32 Å². The van der Waals surface area contributed by atoms with Crippen LogP contribution in [-0.4, -0.2) is 16.0 Å². The van der Waals surface area contributed by atoms with E-state index in [2.05, 4.69) is 15.5 Å². The van der Waals surface area contributed by atoms with Crippen LogP contribution in [0.5, 0.6) is 0 Å². The summed E-state index contributed by atoms with van der Waals surface area (Å²) >= 11 is 3.09. The van der Waals surface area contributed by atoms with Gasteiger partial charge in [0.1, 0.15) is 10.8 Å². The average molecular weight is 345 g/mol. The van der Waals surface area contributed by atoms with E-state index in [1.54, 1.807) is 29.7 Å². The van der Waals surface area contributed by atoms with E-state index in [1.807, 2.05) is 30.5 Å². The number of thiophene rings is 1. The van der Waals surface area contributed by atoms with Gasteiger partial charge in [-0.3, -0.25) is 4.79 Å². The van der Waals surface area contributed by atoms with Crippen molar-refractivity contribution < 1.29 is 9.32 Å². The van der Waals surface area contributed by atoms with Crippen molar-refractivity contribution in [1.82, 2.24) is 15.5 Å². The summed E-state index contributed by atoms with van der Waals surface area (Å²) in [6.07, 6.45) is 1.69. The van der Waals surface area contributed by atoms with Crippen molar-refractivity contribution in [2.45, 2.75) is 24.2 Å². The normalized spacial score (nSPS) is 10.7. The summed E-state index contributed by atoms with van der Waals surface area (Å²) in [5, 5.41) is 9.57. The fourth-order valence-corrected chi connectivity index (χ4v) is 3.50.